The Kier molecular flexibility index (Phi) is 8.97. The van der Waals surface area contributed by atoms with E-state index in [2.05, 4.69) is 5.32 Å². The van der Waals surface area contributed by atoms with Crippen LogP contribution in [0.15, 0.2) is 30.0 Å². The number of carbonyl (C=O) groups is 4. The molecule has 0 saturated carbocycles. The van der Waals surface area contributed by atoms with E-state index in [0.29, 0.717) is 5.70 Å². The van der Waals surface area contributed by atoms with Crippen molar-refractivity contribution in [2.24, 2.45) is 0 Å². The fourth-order valence-corrected chi connectivity index (χ4v) is 6.46. The number of hydrogen-bond acceptors (Lipinski definition) is 13. The number of aliphatic hydroxyl groups is 2. The average Bonchev–Trinajstić information content (AvgIpc) is 2.99. The number of benzene rings is 2. The van der Waals surface area contributed by atoms with Crippen LogP contribution in [0.1, 0.15) is 89.6 Å². The zero-order chi connectivity index (χ0) is 33.7. The van der Waals surface area contributed by atoms with Crippen LogP contribution in [0.5, 0.6) is 17.2 Å². The van der Waals surface area contributed by atoms with Crippen molar-refractivity contribution < 1.29 is 58.6 Å². The van der Waals surface area contributed by atoms with Crippen molar-refractivity contribution in [2.75, 3.05) is 13.7 Å². The van der Waals surface area contributed by atoms with Gasteiger partial charge >= 0.3 is 5.97 Å². The molecule has 3 aliphatic rings. The molecule has 2 aromatic carbocycles. The zero-order valence-electron chi connectivity index (χ0n) is 26.1. The van der Waals surface area contributed by atoms with Gasteiger partial charge in [0, 0.05) is 47.7 Å². The summed E-state index contributed by atoms with van der Waals surface area (Å²) in [7, 11) is 1.33. The molecular weight excluding hydrogens is 602 g/mol. The Balaban J connectivity index is 1.56. The van der Waals surface area contributed by atoms with E-state index in [-0.39, 0.29) is 47.5 Å². The molecule has 13 nitrogen and oxygen atoms in total. The number of allylic oxidation sites excluding steroid dienone is 1. The number of rotatable bonds is 8. The van der Waals surface area contributed by atoms with Gasteiger partial charge in [0.1, 0.15) is 29.0 Å². The molecule has 2 aliphatic carbocycles. The summed E-state index contributed by atoms with van der Waals surface area (Å²) >= 11 is 0. The van der Waals surface area contributed by atoms with Crippen LogP contribution in [0.25, 0.3) is 0 Å². The predicted molar refractivity (Wildman–Crippen MR) is 160 cm³/mol. The van der Waals surface area contributed by atoms with Crippen molar-refractivity contribution in [3.05, 3.63) is 63.4 Å². The van der Waals surface area contributed by atoms with E-state index >= 15 is 0 Å². The molecule has 0 spiro atoms. The van der Waals surface area contributed by atoms with E-state index in [1.54, 1.807) is 20.8 Å². The van der Waals surface area contributed by atoms with Gasteiger partial charge in [0.2, 0.25) is 5.78 Å². The molecule has 46 heavy (non-hydrogen) atoms. The maximum atomic E-state index is 13.8. The predicted octanol–water partition coefficient (Wildman–Crippen LogP) is 2.13. The number of fused-ring (bicyclic) bond motifs is 3. The maximum absolute atomic E-state index is 13.8. The van der Waals surface area contributed by atoms with E-state index in [4.69, 9.17) is 18.9 Å². The number of methoxy groups -OCH3 is 1. The number of aromatic hydroxyl groups is 2. The lowest BCUT2D eigenvalue weighted by molar-refractivity contribution is -0.249. The number of hydrogen-bond donors (Lipinski definition) is 5. The molecule has 5 N–H and O–H groups in total. The molecule has 0 unspecified atom stereocenters. The Labute approximate surface area is 264 Å². The SMILES string of the molecule is CCOC(=O)/C=C(\C)N[C@H]1C[C@H](O[C@H]2C[C@](O)(C(C)=O)Cc3c(O)c4c(c(O)c32)C(=O)c2c(OC)cccc2C4=O)O[C@@H](C)[C@H]1O. The van der Waals surface area contributed by atoms with Gasteiger partial charge < -0.3 is 44.7 Å². The normalized spacial score (nSPS) is 27.3. The third kappa shape index (κ3) is 5.64. The molecule has 13 heteroatoms. The summed E-state index contributed by atoms with van der Waals surface area (Å²) in [5, 5.41) is 48.5. The number of esters is 1. The van der Waals surface area contributed by atoms with Crippen molar-refractivity contribution in [3.63, 3.8) is 0 Å². The minimum absolute atomic E-state index is 0.0174. The number of aliphatic hydroxyl groups excluding tert-OH is 1. The third-order valence-electron chi connectivity index (χ3n) is 8.79. The second-order valence-corrected chi connectivity index (χ2v) is 11.8. The molecule has 1 heterocycles. The van der Waals surface area contributed by atoms with E-state index in [1.165, 1.54) is 38.3 Å². The maximum Gasteiger partial charge on any atom is 0.332 e. The van der Waals surface area contributed by atoms with E-state index in [0.717, 1.165) is 0 Å². The molecule has 0 radical (unpaired) electrons. The summed E-state index contributed by atoms with van der Waals surface area (Å²) in [4.78, 5) is 52.1. The lowest BCUT2D eigenvalue weighted by Crippen LogP contribution is -2.54. The van der Waals surface area contributed by atoms with E-state index < -0.39 is 88.6 Å². The number of nitrogens with one attached hydrogen (secondary N) is 1. The zero-order valence-corrected chi connectivity index (χ0v) is 26.1. The van der Waals surface area contributed by atoms with Gasteiger partial charge in [-0.15, -0.1) is 0 Å². The number of ketones is 3. The Hall–Kier alpha value is -4.30. The number of ether oxygens (including phenoxy) is 4. The van der Waals surface area contributed by atoms with Gasteiger partial charge in [-0.3, -0.25) is 14.4 Å². The summed E-state index contributed by atoms with van der Waals surface area (Å²) < 4.78 is 22.4. The van der Waals surface area contributed by atoms with Crippen LogP contribution in [0.4, 0.5) is 0 Å². The lowest BCUT2D eigenvalue weighted by Gasteiger charge is -2.43. The minimum Gasteiger partial charge on any atom is -0.507 e. The van der Waals surface area contributed by atoms with Gasteiger partial charge in [-0.05, 0) is 33.8 Å². The Bertz CT molecular complexity index is 1650. The van der Waals surface area contributed by atoms with Crippen LogP contribution in [0.2, 0.25) is 0 Å². The van der Waals surface area contributed by atoms with Crippen molar-refractivity contribution in [3.8, 4) is 17.2 Å². The van der Waals surface area contributed by atoms with Crippen LogP contribution in [-0.4, -0.2) is 87.6 Å². The molecule has 246 valence electrons. The van der Waals surface area contributed by atoms with Crippen molar-refractivity contribution in [1.29, 1.82) is 0 Å². The first kappa shape index (κ1) is 33.1. The smallest absolute Gasteiger partial charge is 0.332 e. The van der Waals surface area contributed by atoms with Gasteiger partial charge in [0.15, 0.2) is 17.9 Å². The van der Waals surface area contributed by atoms with Gasteiger partial charge in [0.05, 0.1) is 48.7 Å². The molecule has 0 amide bonds. The van der Waals surface area contributed by atoms with Crippen LogP contribution in [-0.2, 0) is 30.2 Å². The van der Waals surface area contributed by atoms with Gasteiger partial charge in [-0.1, -0.05) is 12.1 Å². The second-order valence-electron chi connectivity index (χ2n) is 11.8. The lowest BCUT2D eigenvalue weighted by atomic mass is 9.72. The summed E-state index contributed by atoms with van der Waals surface area (Å²) in [5.74, 6) is -3.91. The van der Waals surface area contributed by atoms with Crippen LogP contribution in [0, 0.1) is 0 Å². The molecule has 1 fully saturated rings. The van der Waals surface area contributed by atoms with E-state index in [9.17, 15) is 39.6 Å². The third-order valence-corrected chi connectivity index (χ3v) is 8.79. The first-order valence-corrected chi connectivity index (χ1v) is 14.9. The summed E-state index contributed by atoms with van der Waals surface area (Å²) in [6.07, 6.45) is -3.78. The quantitative estimate of drug-likeness (QED) is 0.137. The highest BCUT2D eigenvalue weighted by molar-refractivity contribution is 6.31. The fourth-order valence-electron chi connectivity index (χ4n) is 6.46. The summed E-state index contributed by atoms with van der Waals surface area (Å²) in [6.45, 7) is 6.26. The molecular formula is C33H37NO12. The topological polar surface area (TPSA) is 198 Å². The van der Waals surface area contributed by atoms with Crippen LogP contribution >= 0.6 is 0 Å². The molecule has 0 bridgehead atoms. The average molecular weight is 640 g/mol. The molecule has 0 aromatic heterocycles. The highest BCUT2D eigenvalue weighted by Gasteiger charge is 2.49. The van der Waals surface area contributed by atoms with Crippen molar-refractivity contribution in [1.82, 2.24) is 5.32 Å². The van der Waals surface area contributed by atoms with Gasteiger partial charge in [0.25, 0.3) is 0 Å². The summed E-state index contributed by atoms with van der Waals surface area (Å²) in [6, 6.07) is 3.73. The standard InChI is InChI=1S/C33H37NO12/c1-6-44-22(36)10-14(2)34-19-11-23(45-15(3)28(19)37)46-21-13-33(42,16(4)35)12-18-25(21)32(41)27-26(30(18)39)29(38)17-8-7-9-20(43-5)24(17)31(27)40/h7-10,15,19,21,23,28,34,37,39,41-42H,6,11-13H2,1-5H3/b14-10+/t15-,19-,21-,23-,28+,33-/m0/s1. The first-order chi connectivity index (χ1) is 21.7. The monoisotopic (exact) mass is 639 g/mol. The number of Topliss-reactive ketones (excluding diaryl/α,β-unsaturated/α-hetero) is 1. The second kappa shape index (κ2) is 12.5. The molecule has 5 rings (SSSR count). The summed E-state index contributed by atoms with van der Waals surface area (Å²) in [5.41, 5.74) is -2.86. The Morgan fingerprint density at radius 3 is 2.46 bits per heavy atom. The van der Waals surface area contributed by atoms with Crippen LogP contribution in [0.3, 0.4) is 0 Å². The largest absolute Gasteiger partial charge is 0.507 e. The minimum atomic E-state index is -2.06. The molecule has 1 aliphatic heterocycles. The molecule has 1 saturated heterocycles. The molecule has 2 aromatic rings. The first-order valence-electron chi connectivity index (χ1n) is 14.9. The van der Waals surface area contributed by atoms with E-state index in [1.807, 2.05) is 0 Å². The number of carbonyl (C=O) groups excluding carboxylic acids is 4. The van der Waals surface area contributed by atoms with Crippen LogP contribution < -0.4 is 10.1 Å². The van der Waals surface area contributed by atoms with Gasteiger partial charge in [-0.2, -0.15) is 0 Å². The highest BCUT2D eigenvalue weighted by atomic mass is 16.7. The Morgan fingerprint density at radius 2 is 1.80 bits per heavy atom. The number of phenolic OH excluding ortho intramolecular Hbond substituents is 2. The Morgan fingerprint density at radius 1 is 1.11 bits per heavy atom. The highest BCUT2D eigenvalue weighted by Crippen LogP contribution is 2.52. The number of phenols is 2. The van der Waals surface area contributed by atoms with Crippen molar-refractivity contribution in [2.45, 2.75) is 83.2 Å². The molecule has 6 atom stereocenters. The fraction of sp³-hybridized carbons (Fsp3) is 0.455. The van der Waals surface area contributed by atoms with Gasteiger partial charge in [-0.25, -0.2) is 4.79 Å². The van der Waals surface area contributed by atoms with Crippen molar-refractivity contribution >= 4 is 23.3 Å².